The molecule has 0 saturated carbocycles. The van der Waals surface area contributed by atoms with E-state index in [1.807, 2.05) is 13.0 Å². The Balaban J connectivity index is 2.89. The fourth-order valence-electron chi connectivity index (χ4n) is 1.64. The van der Waals surface area contributed by atoms with Gasteiger partial charge in [0.05, 0.1) is 7.11 Å². The Kier molecular flexibility index (Phi) is 4.56. The van der Waals surface area contributed by atoms with Crippen molar-refractivity contribution in [3.8, 4) is 5.75 Å². The summed E-state index contributed by atoms with van der Waals surface area (Å²) < 4.78 is 18.3. The van der Waals surface area contributed by atoms with Gasteiger partial charge >= 0.3 is 0 Å². The molecule has 2 nitrogen and oxygen atoms in total. The molecule has 0 fully saturated rings. The summed E-state index contributed by atoms with van der Waals surface area (Å²) >= 11 is 0. The fraction of sp³-hybridized carbons (Fsp3) is 0.500. The van der Waals surface area contributed by atoms with Crippen molar-refractivity contribution >= 4 is 0 Å². The van der Waals surface area contributed by atoms with Crippen LogP contribution in [0.25, 0.3) is 0 Å². The van der Waals surface area contributed by atoms with Crippen LogP contribution < -0.4 is 10.1 Å². The Labute approximate surface area is 90.4 Å². The van der Waals surface area contributed by atoms with E-state index in [1.54, 1.807) is 6.07 Å². The zero-order valence-corrected chi connectivity index (χ0v) is 9.51. The number of halogens is 1. The maximum Gasteiger partial charge on any atom is 0.165 e. The molecule has 0 aliphatic carbocycles. The molecule has 0 aliphatic heterocycles. The van der Waals surface area contributed by atoms with Crippen LogP contribution in [0.4, 0.5) is 4.39 Å². The van der Waals surface area contributed by atoms with Gasteiger partial charge in [0.1, 0.15) is 0 Å². The zero-order valence-electron chi connectivity index (χ0n) is 9.51. The highest BCUT2D eigenvalue weighted by Gasteiger charge is 2.10. The van der Waals surface area contributed by atoms with Gasteiger partial charge in [0, 0.05) is 6.04 Å². The Bertz CT molecular complexity index is 314. The van der Waals surface area contributed by atoms with Crippen LogP contribution in [0.3, 0.4) is 0 Å². The highest BCUT2D eigenvalue weighted by atomic mass is 19.1. The minimum atomic E-state index is -0.300. The second-order valence-electron chi connectivity index (χ2n) is 3.41. The maximum atomic E-state index is 13.4. The van der Waals surface area contributed by atoms with E-state index in [0.29, 0.717) is 5.75 Å². The summed E-state index contributed by atoms with van der Waals surface area (Å²) in [5.41, 5.74) is 0.970. The Morgan fingerprint density at radius 2 is 2.13 bits per heavy atom. The van der Waals surface area contributed by atoms with Crippen molar-refractivity contribution in [3.05, 3.63) is 29.6 Å². The molecule has 1 aromatic carbocycles. The first-order chi connectivity index (χ1) is 7.22. The summed E-state index contributed by atoms with van der Waals surface area (Å²) in [5, 5.41) is 3.31. The van der Waals surface area contributed by atoms with Crippen LogP contribution in [0.5, 0.6) is 5.75 Å². The molecular weight excluding hydrogens is 193 g/mol. The number of rotatable bonds is 5. The average molecular weight is 211 g/mol. The van der Waals surface area contributed by atoms with Gasteiger partial charge in [0.2, 0.25) is 0 Å². The highest BCUT2D eigenvalue weighted by molar-refractivity contribution is 5.30. The largest absolute Gasteiger partial charge is 0.494 e. The lowest BCUT2D eigenvalue weighted by Gasteiger charge is -2.16. The van der Waals surface area contributed by atoms with Gasteiger partial charge in [-0.05, 0) is 30.7 Å². The number of methoxy groups -OCH3 is 1. The monoisotopic (exact) mass is 211 g/mol. The van der Waals surface area contributed by atoms with E-state index in [2.05, 4.69) is 12.2 Å². The van der Waals surface area contributed by atoms with Gasteiger partial charge in [-0.25, -0.2) is 4.39 Å². The summed E-state index contributed by atoms with van der Waals surface area (Å²) in [5.74, 6) is -0.00328. The molecule has 0 amide bonds. The minimum Gasteiger partial charge on any atom is -0.494 e. The normalized spacial score (nSPS) is 12.5. The third-order valence-electron chi connectivity index (χ3n) is 2.44. The lowest BCUT2D eigenvalue weighted by molar-refractivity contribution is 0.385. The predicted octanol–water partition coefficient (Wildman–Crippen LogP) is 2.89. The molecule has 1 rings (SSSR count). The Hall–Kier alpha value is -1.09. The van der Waals surface area contributed by atoms with Crippen molar-refractivity contribution in [2.24, 2.45) is 0 Å². The van der Waals surface area contributed by atoms with E-state index in [-0.39, 0.29) is 11.9 Å². The molecule has 0 heterocycles. The van der Waals surface area contributed by atoms with E-state index in [1.165, 1.54) is 13.2 Å². The molecule has 1 N–H and O–H groups in total. The molecule has 3 heteroatoms. The average Bonchev–Trinajstić information content (AvgIpc) is 2.25. The SMILES string of the molecule is CCNC(CC)c1ccc(OC)c(F)c1. The van der Waals surface area contributed by atoms with Crippen molar-refractivity contribution < 1.29 is 9.13 Å². The van der Waals surface area contributed by atoms with Gasteiger partial charge < -0.3 is 10.1 Å². The van der Waals surface area contributed by atoms with Gasteiger partial charge in [0.25, 0.3) is 0 Å². The first kappa shape index (κ1) is 12.0. The fourth-order valence-corrected chi connectivity index (χ4v) is 1.64. The molecular formula is C12H18FNO. The molecule has 15 heavy (non-hydrogen) atoms. The van der Waals surface area contributed by atoms with Crippen LogP contribution in [0.2, 0.25) is 0 Å². The van der Waals surface area contributed by atoms with Crippen LogP contribution in [0.15, 0.2) is 18.2 Å². The van der Waals surface area contributed by atoms with Crippen molar-refractivity contribution in [2.75, 3.05) is 13.7 Å². The number of nitrogens with one attached hydrogen (secondary N) is 1. The van der Waals surface area contributed by atoms with Crippen molar-refractivity contribution in [1.82, 2.24) is 5.32 Å². The Morgan fingerprint density at radius 3 is 2.60 bits per heavy atom. The number of hydrogen-bond donors (Lipinski definition) is 1. The molecule has 0 saturated heterocycles. The molecule has 1 atom stereocenters. The lowest BCUT2D eigenvalue weighted by Crippen LogP contribution is -2.20. The first-order valence-electron chi connectivity index (χ1n) is 5.29. The number of benzene rings is 1. The number of hydrogen-bond acceptors (Lipinski definition) is 2. The van der Waals surface area contributed by atoms with Crippen LogP contribution in [-0.4, -0.2) is 13.7 Å². The standard InChI is InChI=1S/C12H18FNO/c1-4-11(14-5-2)9-6-7-12(15-3)10(13)8-9/h6-8,11,14H,4-5H2,1-3H3. The van der Waals surface area contributed by atoms with E-state index in [9.17, 15) is 4.39 Å². The molecule has 1 unspecified atom stereocenters. The van der Waals surface area contributed by atoms with E-state index >= 15 is 0 Å². The molecule has 0 radical (unpaired) electrons. The molecule has 1 aromatic rings. The highest BCUT2D eigenvalue weighted by Crippen LogP contribution is 2.23. The van der Waals surface area contributed by atoms with Gasteiger partial charge in [-0.3, -0.25) is 0 Å². The summed E-state index contributed by atoms with van der Waals surface area (Å²) in [4.78, 5) is 0. The molecule has 84 valence electrons. The summed E-state index contributed by atoms with van der Waals surface area (Å²) in [7, 11) is 1.47. The predicted molar refractivity (Wildman–Crippen MR) is 59.7 cm³/mol. The topological polar surface area (TPSA) is 21.3 Å². The molecule has 0 spiro atoms. The van der Waals surface area contributed by atoms with E-state index < -0.39 is 0 Å². The van der Waals surface area contributed by atoms with Crippen molar-refractivity contribution in [1.29, 1.82) is 0 Å². The van der Waals surface area contributed by atoms with E-state index in [4.69, 9.17) is 4.74 Å². The third kappa shape index (κ3) is 2.93. The summed E-state index contributed by atoms with van der Waals surface area (Å²) in [6, 6.07) is 5.33. The second-order valence-corrected chi connectivity index (χ2v) is 3.41. The lowest BCUT2D eigenvalue weighted by atomic mass is 10.0. The van der Waals surface area contributed by atoms with Crippen LogP contribution >= 0.6 is 0 Å². The van der Waals surface area contributed by atoms with Crippen molar-refractivity contribution in [2.45, 2.75) is 26.3 Å². The summed E-state index contributed by atoms with van der Waals surface area (Å²) in [6.07, 6.45) is 0.944. The van der Waals surface area contributed by atoms with Gasteiger partial charge in [-0.1, -0.05) is 19.9 Å². The van der Waals surface area contributed by atoms with Crippen molar-refractivity contribution in [3.63, 3.8) is 0 Å². The van der Waals surface area contributed by atoms with Gasteiger partial charge in [-0.2, -0.15) is 0 Å². The zero-order chi connectivity index (χ0) is 11.3. The van der Waals surface area contributed by atoms with Gasteiger partial charge in [0.15, 0.2) is 11.6 Å². The second kappa shape index (κ2) is 5.71. The molecule has 0 aliphatic rings. The number of ether oxygens (including phenoxy) is 1. The quantitative estimate of drug-likeness (QED) is 0.808. The maximum absolute atomic E-state index is 13.4. The molecule has 0 bridgehead atoms. The Morgan fingerprint density at radius 1 is 1.40 bits per heavy atom. The molecule has 0 aromatic heterocycles. The van der Waals surface area contributed by atoms with Crippen LogP contribution in [-0.2, 0) is 0 Å². The first-order valence-corrected chi connectivity index (χ1v) is 5.29. The van der Waals surface area contributed by atoms with E-state index in [0.717, 1.165) is 18.5 Å². The third-order valence-corrected chi connectivity index (χ3v) is 2.44. The summed E-state index contributed by atoms with van der Waals surface area (Å²) in [6.45, 7) is 5.00. The smallest absolute Gasteiger partial charge is 0.165 e. The minimum absolute atomic E-state index is 0.218. The van der Waals surface area contributed by atoms with Crippen LogP contribution in [0, 0.1) is 5.82 Å². The van der Waals surface area contributed by atoms with Gasteiger partial charge in [-0.15, -0.1) is 0 Å². The van der Waals surface area contributed by atoms with Crippen LogP contribution in [0.1, 0.15) is 31.9 Å².